The molecule has 0 fully saturated rings. The molecule has 0 aliphatic heterocycles. The van der Waals surface area contributed by atoms with E-state index in [1.165, 1.54) is 37.4 Å². The van der Waals surface area contributed by atoms with Gasteiger partial charge in [-0.15, -0.1) is 0 Å². The molecule has 47 heavy (non-hydrogen) atoms. The Balaban J connectivity index is 0.000000170. The molecule has 4 heteroatoms. The van der Waals surface area contributed by atoms with Gasteiger partial charge in [0.1, 0.15) is 31.8 Å². The monoisotopic (exact) mass is 710 g/mol. The van der Waals surface area contributed by atoms with Crippen LogP contribution in [0.3, 0.4) is 0 Å². The van der Waals surface area contributed by atoms with Gasteiger partial charge in [-0.2, -0.15) is 35.9 Å². The number of hydrogen-bond acceptors (Lipinski definition) is 0. The van der Waals surface area contributed by atoms with Crippen molar-refractivity contribution in [2.24, 2.45) is 0 Å². The second kappa shape index (κ2) is 21.1. The quantitative estimate of drug-likeness (QED) is 0.0920. The first-order chi connectivity index (χ1) is 23.3. The van der Waals surface area contributed by atoms with Crippen LogP contribution in [0.1, 0.15) is 5.56 Å². The summed E-state index contributed by atoms with van der Waals surface area (Å²) in [4.78, 5) is 0. The molecule has 7 aromatic carbocycles. The third-order valence-corrected chi connectivity index (χ3v) is 12.7. The first-order valence-electron chi connectivity index (χ1n) is 15.4. The largest absolute Gasteiger partial charge is 0.102 e. The molecule has 0 aliphatic rings. The fourth-order valence-corrected chi connectivity index (χ4v) is 10.3. The Kier molecular flexibility index (Phi) is 16.2. The van der Waals surface area contributed by atoms with Crippen LogP contribution in [0.4, 0.5) is 0 Å². The van der Waals surface area contributed by atoms with Crippen LogP contribution in [0.2, 0.25) is 0 Å². The Morgan fingerprint density at radius 2 is 0.553 bits per heavy atom. The van der Waals surface area contributed by atoms with Crippen molar-refractivity contribution < 1.29 is 14.6 Å². The van der Waals surface area contributed by atoms with E-state index in [-0.39, 0.29) is 0 Å². The molecule has 0 aromatic heterocycles. The first-order valence-corrected chi connectivity index (χ1v) is 19.8. The van der Waals surface area contributed by atoms with Gasteiger partial charge in [-0.05, 0) is 72.8 Å². The van der Waals surface area contributed by atoms with E-state index in [2.05, 4.69) is 213 Å². The molecule has 0 heterocycles. The molecule has 0 unspecified atom stereocenters. The van der Waals surface area contributed by atoms with Gasteiger partial charge in [0, 0.05) is 0 Å². The zero-order valence-corrected chi connectivity index (χ0v) is 30.1. The molecule has 0 spiro atoms. The summed E-state index contributed by atoms with van der Waals surface area (Å²) >= 11 is 3.35. The smallest absolute Gasteiger partial charge is 0.0620 e. The fraction of sp³-hybridized carbons (Fsp3) is 0.0233. The molecular weight excluding hydrogens is 673 g/mol. The van der Waals surface area contributed by atoms with Crippen LogP contribution in [0, 0.1) is 13.0 Å². The molecule has 0 N–H and O–H groups in total. The summed E-state index contributed by atoms with van der Waals surface area (Å²) in [6.07, 6.45) is 0. The summed E-state index contributed by atoms with van der Waals surface area (Å²) in [5.74, 6) is 0. The SMILES string of the molecule is Cc1[c-]cccc1.[Cl][Ni].c1ccc([PH+](c2ccccc2)c2ccccc2)cc1.c1ccc([PH+](c2ccccc2)c2ccccc2)cc1. The Morgan fingerprint density at radius 3 is 0.702 bits per heavy atom. The van der Waals surface area contributed by atoms with Crippen molar-refractivity contribution in [3.05, 3.63) is 218 Å². The molecule has 0 radical (unpaired) electrons. The summed E-state index contributed by atoms with van der Waals surface area (Å²) in [6, 6.07) is 75.9. The van der Waals surface area contributed by atoms with E-state index in [1.807, 2.05) is 31.2 Å². The number of aryl methyl sites for hydroxylation is 1. The van der Waals surface area contributed by atoms with E-state index in [0.717, 1.165) is 0 Å². The Morgan fingerprint density at radius 1 is 0.340 bits per heavy atom. The summed E-state index contributed by atoms with van der Waals surface area (Å²) in [7, 11) is 2.51. The summed E-state index contributed by atoms with van der Waals surface area (Å²) in [5, 5.41) is 8.61. The van der Waals surface area contributed by atoms with Crippen molar-refractivity contribution in [2.75, 3.05) is 0 Å². The van der Waals surface area contributed by atoms with Crippen LogP contribution in [-0.2, 0) is 14.6 Å². The van der Waals surface area contributed by atoms with Crippen molar-refractivity contribution in [3.63, 3.8) is 0 Å². The van der Waals surface area contributed by atoms with E-state index in [1.54, 1.807) is 0 Å². The Hall–Kier alpha value is -3.82. The van der Waals surface area contributed by atoms with Crippen LogP contribution in [0.25, 0.3) is 0 Å². The molecule has 237 valence electrons. The minimum absolute atomic E-state index is 0.877. The van der Waals surface area contributed by atoms with Gasteiger partial charge in [0.25, 0.3) is 0 Å². The normalized spacial score (nSPS) is 10.0. The standard InChI is InChI=1S/2C18H15P.C7H7.ClH.Ni/c2*1-4-10-16(11-5-1)19(17-12-6-2-7-13-17)18-14-8-3-9-15-18;1-7-5-3-2-4-6-7;;/h2*1-15H;2-5H,1H3;1H;/q;;-1;;+1/p+1. The molecule has 7 rings (SSSR count). The van der Waals surface area contributed by atoms with Gasteiger partial charge in [-0.1, -0.05) is 116 Å². The molecule has 0 saturated heterocycles. The second-order valence-electron chi connectivity index (χ2n) is 10.5. The van der Waals surface area contributed by atoms with Gasteiger partial charge in [-0.3, -0.25) is 0 Å². The fourth-order valence-electron chi connectivity index (χ4n) is 5.11. The van der Waals surface area contributed by atoms with E-state index >= 15 is 0 Å². The summed E-state index contributed by atoms with van der Waals surface area (Å²) in [5.41, 5.74) is 1.20. The van der Waals surface area contributed by atoms with E-state index in [9.17, 15) is 0 Å². The van der Waals surface area contributed by atoms with Crippen LogP contribution in [0.15, 0.2) is 206 Å². The Labute approximate surface area is 295 Å². The third-order valence-electron chi connectivity index (χ3n) is 7.24. The van der Waals surface area contributed by atoms with Gasteiger partial charge in [0.2, 0.25) is 0 Å². The first kappa shape index (κ1) is 36.0. The average Bonchev–Trinajstić information content (AvgIpc) is 3.16. The van der Waals surface area contributed by atoms with Crippen molar-refractivity contribution in [1.82, 2.24) is 0 Å². The zero-order chi connectivity index (χ0) is 32.9. The molecule has 0 atom stereocenters. The molecular formula is C43H39ClNiP2+. The van der Waals surface area contributed by atoms with Crippen molar-refractivity contribution in [3.8, 4) is 0 Å². The molecule has 0 aliphatic carbocycles. The van der Waals surface area contributed by atoms with E-state index in [0.29, 0.717) is 0 Å². The predicted molar refractivity (Wildman–Crippen MR) is 209 cm³/mol. The topological polar surface area (TPSA) is 0 Å². The summed E-state index contributed by atoms with van der Waals surface area (Å²) < 4.78 is 0. The minimum Gasteiger partial charge on any atom is -0.0620 e. The van der Waals surface area contributed by atoms with Crippen LogP contribution in [0.5, 0.6) is 0 Å². The number of benzene rings is 7. The number of hydrogen-bond donors (Lipinski definition) is 0. The number of halogens is 1. The molecule has 0 bridgehead atoms. The van der Waals surface area contributed by atoms with Crippen LogP contribution in [-0.4, -0.2) is 0 Å². The Bertz CT molecular complexity index is 1470. The van der Waals surface area contributed by atoms with Crippen LogP contribution < -0.4 is 31.8 Å². The van der Waals surface area contributed by atoms with Crippen LogP contribution >= 0.6 is 26.0 Å². The predicted octanol–water partition coefficient (Wildman–Crippen LogP) is 8.84. The number of rotatable bonds is 6. The maximum atomic E-state index is 4.26. The second-order valence-corrected chi connectivity index (χ2v) is 15.5. The minimum atomic E-state index is -0.877. The van der Waals surface area contributed by atoms with Gasteiger partial charge in [0.15, 0.2) is 0 Å². The van der Waals surface area contributed by atoms with Crippen molar-refractivity contribution in [2.45, 2.75) is 6.92 Å². The maximum Gasteiger partial charge on any atom is 0.102 e. The van der Waals surface area contributed by atoms with E-state index < -0.39 is 15.8 Å². The van der Waals surface area contributed by atoms with Gasteiger partial charge in [0.05, 0.1) is 15.8 Å². The van der Waals surface area contributed by atoms with Gasteiger partial charge in [-0.25, -0.2) is 0 Å². The molecule has 0 saturated carbocycles. The average molecular weight is 712 g/mol. The maximum absolute atomic E-state index is 4.26. The molecule has 0 nitrogen and oxygen atoms in total. The van der Waals surface area contributed by atoms with Gasteiger partial charge < -0.3 is 0 Å². The molecule has 0 amide bonds. The van der Waals surface area contributed by atoms with Crippen molar-refractivity contribution in [1.29, 1.82) is 0 Å². The molecule has 7 aromatic rings. The summed E-state index contributed by atoms with van der Waals surface area (Å²) in [6.45, 7) is 2.03. The van der Waals surface area contributed by atoms with Crippen molar-refractivity contribution >= 4 is 57.9 Å². The van der Waals surface area contributed by atoms with Gasteiger partial charge >= 0.3 is 24.8 Å². The zero-order valence-electron chi connectivity index (χ0n) is 26.3. The van der Waals surface area contributed by atoms with E-state index in [4.69, 9.17) is 0 Å². The third kappa shape index (κ3) is 11.7.